The van der Waals surface area contributed by atoms with Gasteiger partial charge in [-0.05, 0) is 6.92 Å². The maximum atomic E-state index is 11.3. The molecule has 0 atom stereocenters. The Morgan fingerprint density at radius 1 is 1.38 bits per heavy atom. The van der Waals surface area contributed by atoms with Crippen molar-refractivity contribution in [1.29, 1.82) is 0 Å². The molecule has 0 aliphatic heterocycles. The van der Waals surface area contributed by atoms with E-state index in [-0.39, 0.29) is 0 Å². The molecule has 0 aliphatic rings. The van der Waals surface area contributed by atoms with Gasteiger partial charge in [0.15, 0.2) is 0 Å². The Morgan fingerprint density at radius 2 is 1.92 bits per heavy atom. The first-order valence-corrected chi connectivity index (χ1v) is 5.19. The molecule has 0 aliphatic carbocycles. The third-order valence-electron chi connectivity index (χ3n) is 1.22. The lowest BCUT2D eigenvalue weighted by molar-refractivity contribution is -0.109. The molecule has 6 heteroatoms. The molecule has 76 valence electrons. The van der Waals surface area contributed by atoms with E-state index in [1.807, 2.05) is 0 Å². The van der Waals surface area contributed by atoms with Crippen LogP contribution >= 0.6 is 7.60 Å². The van der Waals surface area contributed by atoms with Crippen LogP contribution in [0.1, 0.15) is 6.92 Å². The van der Waals surface area contributed by atoms with E-state index in [1.54, 1.807) is 6.92 Å². The highest BCUT2D eigenvalue weighted by Gasteiger charge is 2.29. The molecule has 5 nitrogen and oxygen atoms in total. The summed E-state index contributed by atoms with van der Waals surface area (Å²) in [6.45, 7) is 2.20. The van der Waals surface area contributed by atoms with Crippen molar-refractivity contribution in [3.63, 3.8) is 0 Å². The van der Waals surface area contributed by atoms with Crippen LogP contribution in [0.25, 0.3) is 0 Å². The molecule has 0 bridgehead atoms. The van der Waals surface area contributed by atoms with Crippen molar-refractivity contribution < 1.29 is 23.1 Å². The van der Waals surface area contributed by atoms with Gasteiger partial charge in [0, 0.05) is 20.3 Å². The van der Waals surface area contributed by atoms with Crippen molar-refractivity contribution in [3.05, 3.63) is 12.3 Å². The van der Waals surface area contributed by atoms with Gasteiger partial charge in [-0.1, -0.05) is 0 Å². The van der Waals surface area contributed by atoms with Crippen LogP contribution in [-0.2, 0) is 23.1 Å². The van der Waals surface area contributed by atoms with Crippen LogP contribution in [0.15, 0.2) is 12.3 Å². The Hall–Kier alpha value is -0.640. The summed E-state index contributed by atoms with van der Waals surface area (Å²) in [6, 6.07) is 0. The molecule has 0 amide bonds. The van der Waals surface area contributed by atoms with E-state index in [0.717, 1.165) is 26.6 Å². The monoisotopic (exact) mass is 208 g/mol. The van der Waals surface area contributed by atoms with Crippen LogP contribution < -0.4 is 0 Å². The maximum Gasteiger partial charge on any atom is 0.400 e. The zero-order chi connectivity index (χ0) is 10.3. The fraction of sp³-hybridized carbons (Fsp3) is 0.571. The zero-order valence-corrected chi connectivity index (χ0v) is 8.74. The highest BCUT2D eigenvalue weighted by atomic mass is 31.2. The molecule has 13 heavy (non-hydrogen) atoms. The van der Waals surface area contributed by atoms with E-state index in [2.05, 4.69) is 9.05 Å². The normalized spacial score (nSPS) is 11.9. The average molecular weight is 208 g/mol. The minimum absolute atomic E-state index is 0.439. The quantitative estimate of drug-likeness (QED) is 0.376. The predicted molar refractivity (Wildman–Crippen MR) is 47.4 cm³/mol. The van der Waals surface area contributed by atoms with Gasteiger partial charge in [-0.25, -0.2) is 0 Å². The molecule has 0 spiro atoms. The number of carbonyl (C=O) groups is 1. The van der Waals surface area contributed by atoms with Gasteiger partial charge >= 0.3 is 7.60 Å². The topological polar surface area (TPSA) is 61.8 Å². The van der Waals surface area contributed by atoms with Crippen LogP contribution in [0, 0.1) is 0 Å². The van der Waals surface area contributed by atoms with Crippen molar-refractivity contribution >= 4 is 13.1 Å². The molecule has 0 aromatic carbocycles. The Labute approximate surface area is 77.2 Å². The summed E-state index contributed by atoms with van der Waals surface area (Å²) in [5.74, 6) is 0. The van der Waals surface area contributed by atoms with Crippen LogP contribution in [0.3, 0.4) is 0 Å². The van der Waals surface area contributed by atoms with Gasteiger partial charge in [-0.15, -0.1) is 0 Å². The molecule has 0 fully saturated rings. The van der Waals surface area contributed by atoms with E-state index in [0.29, 0.717) is 6.61 Å². The number of hydrogen-bond donors (Lipinski definition) is 0. The first kappa shape index (κ1) is 12.4. The molecule has 0 saturated carbocycles. The van der Waals surface area contributed by atoms with E-state index in [9.17, 15) is 9.36 Å². The number of hydrogen-bond acceptors (Lipinski definition) is 5. The minimum Gasteiger partial charge on any atom is -0.501 e. The second kappa shape index (κ2) is 5.91. The number of rotatable bonds is 6. The Balaban J connectivity index is 4.32. The average Bonchev–Trinajstić information content (AvgIpc) is 2.17. The lowest BCUT2D eigenvalue weighted by atomic mass is 10.7. The first-order chi connectivity index (χ1) is 6.10. The lowest BCUT2D eigenvalue weighted by Gasteiger charge is -2.08. The summed E-state index contributed by atoms with van der Waals surface area (Å²) in [5.41, 5.74) is -0.731. The molecule has 0 unspecified atom stereocenters. The summed E-state index contributed by atoms with van der Waals surface area (Å²) < 4.78 is 25.0. The highest BCUT2D eigenvalue weighted by molar-refractivity contribution is 7.72. The van der Waals surface area contributed by atoms with Crippen LogP contribution in [-0.4, -0.2) is 26.4 Å². The van der Waals surface area contributed by atoms with Gasteiger partial charge < -0.3 is 13.8 Å². The molecule has 0 aromatic rings. The number of ether oxygens (including phenoxy) is 1. The summed E-state index contributed by atoms with van der Waals surface area (Å²) in [6.07, 6.45) is 2.18. The van der Waals surface area contributed by atoms with Gasteiger partial charge in [0.05, 0.1) is 12.9 Å². The van der Waals surface area contributed by atoms with Gasteiger partial charge in [0.25, 0.3) is 5.52 Å². The lowest BCUT2D eigenvalue weighted by Crippen LogP contribution is -2.00. The zero-order valence-electron chi connectivity index (χ0n) is 7.85. The van der Waals surface area contributed by atoms with Crippen molar-refractivity contribution in [2.75, 3.05) is 20.8 Å². The Bertz CT molecular complexity index is 227. The Kier molecular flexibility index (Phi) is 5.62. The van der Waals surface area contributed by atoms with Crippen molar-refractivity contribution in [2.45, 2.75) is 6.92 Å². The van der Waals surface area contributed by atoms with E-state index >= 15 is 0 Å². The summed E-state index contributed by atoms with van der Waals surface area (Å²) >= 11 is 0. The van der Waals surface area contributed by atoms with Crippen LogP contribution in [0.2, 0.25) is 0 Å². The SMILES string of the molecule is CCO/C=C/C(=O)P(=O)(OC)OC. The van der Waals surface area contributed by atoms with Gasteiger partial charge in [-0.3, -0.25) is 9.36 Å². The van der Waals surface area contributed by atoms with E-state index in [1.165, 1.54) is 0 Å². The molecule has 0 saturated heterocycles. The van der Waals surface area contributed by atoms with Crippen molar-refractivity contribution in [2.24, 2.45) is 0 Å². The van der Waals surface area contributed by atoms with Gasteiger partial charge in [-0.2, -0.15) is 0 Å². The van der Waals surface area contributed by atoms with Gasteiger partial charge in [0.1, 0.15) is 0 Å². The molecule has 0 aromatic heterocycles. The first-order valence-electron chi connectivity index (χ1n) is 3.65. The fourth-order valence-electron chi connectivity index (χ4n) is 0.548. The smallest absolute Gasteiger partial charge is 0.400 e. The summed E-state index contributed by atoms with van der Waals surface area (Å²) in [4.78, 5) is 11.1. The van der Waals surface area contributed by atoms with E-state index < -0.39 is 13.1 Å². The van der Waals surface area contributed by atoms with E-state index in [4.69, 9.17) is 4.74 Å². The molecule has 0 heterocycles. The Morgan fingerprint density at radius 3 is 2.31 bits per heavy atom. The number of carbonyl (C=O) groups excluding carboxylic acids is 1. The predicted octanol–water partition coefficient (Wildman–Crippen LogP) is 1.55. The molecule has 0 rings (SSSR count). The molecular formula is C7H13O5P. The highest BCUT2D eigenvalue weighted by Crippen LogP contribution is 2.47. The third kappa shape index (κ3) is 3.72. The number of allylic oxidation sites excluding steroid dienone is 1. The third-order valence-corrected chi connectivity index (χ3v) is 2.87. The summed E-state index contributed by atoms with van der Waals surface area (Å²) in [5, 5.41) is 0. The maximum absolute atomic E-state index is 11.3. The molecule has 0 radical (unpaired) electrons. The second-order valence-corrected chi connectivity index (χ2v) is 4.12. The van der Waals surface area contributed by atoms with Gasteiger partial charge in [0.2, 0.25) is 0 Å². The molecule has 0 N–H and O–H groups in total. The minimum atomic E-state index is -3.62. The largest absolute Gasteiger partial charge is 0.501 e. The summed E-state index contributed by atoms with van der Waals surface area (Å²) in [7, 11) is -1.32. The van der Waals surface area contributed by atoms with Crippen LogP contribution in [0.4, 0.5) is 0 Å². The molecular weight excluding hydrogens is 195 g/mol. The fourth-order valence-corrected chi connectivity index (χ4v) is 1.30. The second-order valence-electron chi connectivity index (χ2n) is 1.96. The van der Waals surface area contributed by atoms with Crippen molar-refractivity contribution in [3.8, 4) is 0 Å². The standard InChI is InChI=1S/C7H13O5P/c1-4-12-6-5-7(8)13(9,10-2)11-3/h5-6H,4H2,1-3H3/b6-5+. The van der Waals surface area contributed by atoms with Crippen molar-refractivity contribution in [1.82, 2.24) is 0 Å². The van der Waals surface area contributed by atoms with Crippen LogP contribution in [0.5, 0.6) is 0 Å².